The Kier molecular flexibility index (Phi) is 5.29. The third-order valence-electron chi connectivity index (χ3n) is 3.67. The summed E-state index contributed by atoms with van der Waals surface area (Å²) in [6.45, 7) is 8.82. The van der Waals surface area contributed by atoms with E-state index < -0.39 is 12.0 Å². The second-order valence-electron chi connectivity index (χ2n) is 4.96. The van der Waals surface area contributed by atoms with Crippen molar-refractivity contribution >= 4 is 17.7 Å². The minimum atomic E-state index is -0.578. The first kappa shape index (κ1) is 16.9. The van der Waals surface area contributed by atoms with Crippen LogP contribution >= 0.6 is 0 Å². The summed E-state index contributed by atoms with van der Waals surface area (Å²) in [6.07, 6.45) is 0. The largest absolute Gasteiger partial charge is 0.464 e. The van der Waals surface area contributed by atoms with Crippen LogP contribution in [0.1, 0.15) is 52.9 Å². The fourth-order valence-corrected chi connectivity index (χ4v) is 2.55. The molecule has 0 aliphatic rings. The number of carbonyl (C=O) groups is 3. The number of nitrogens with zero attached hydrogens (tertiary/aromatic N) is 1. The standard InChI is InChI=1S/C15H22N2O4/c1-7-17(11(5)18)10(4)14(19)12-8(2)13(15(20)21-6)16-9(12)3/h10,16H,7H2,1-6H3. The zero-order valence-electron chi connectivity index (χ0n) is 13.4. The predicted octanol–water partition coefficient (Wildman–Crippen LogP) is 1.86. The molecule has 6 heteroatoms. The Bertz CT molecular complexity index is 574. The van der Waals surface area contributed by atoms with Crippen molar-refractivity contribution in [2.24, 2.45) is 0 Å². The van der Waals surface area contributed by atoms with Crippen LogP contribution in [0.4, 0.5) is 0 Å². The Labute approximate surface area is 124 Å². The zero-order chi connectivity index (χ0) is 16.3. The number of nitrogens with one attached hydrogen (secondary N) is 1. The lowest BCUT2D eigenvalue weighted by atomic mass is 10.00. The summed E-state index contributed by atoms with van der Waals surface area (Å²) < 4.78 is 4.69. The average molecular weight is 294 g/mol. The van der Waals surface area contributed by atoms with Gasteiger partial charge in [0.25, 0.3) is 0 Å². The molecule has 1 atom stereocenters. The summed E-state index contributed by atoms with van der Waals surface area (Å²) in [6, 6.07) is -0.578. The number of likely N-dealkylation sites (N-methyl/N-ethyl adjacent to an activating group) is 1. The number of H-pyrrole nitrogens is 1. The lowest BCUT2D eigenvalue weighted by Gasteiger charge is -2.25. The van der Waals surface area contributed by atoms with Crippen molar-refractivity contribution in [1.29, 1.82) is 0 Å². The van der Waals surface area contributed by atoms with Crippen LogP contribution in [0.15, 0.2) is 0 Å². The number of aromatic nitrogens is 1. The van der Waals surface area contributed by atoms with E-state index in [-0.39, 0.29) is 17.4 Å². The topological polar surface area (TPSA) is 79.5 Å². The van der Waals surface area contributed by atoms with Crippen LogP contribution in [-0.4, -0.2) is 47.2 Å². The van der Waals surface area contributed by atoms with Crippen LogP contribution < -0.4 is 0 Å². The third kappa shape index (κ3) is 3.15. The van der Waals surface area contributed by atoms with Crippen molar-refractivity contribution < 1.29 is 19.1 Å². The molecule has 0 aromatic carbocycles. The molecule has 0 aliphatic carbocycles. The zero-order valence-corrected chi connectivity index (χ0v) is 13.4. The van der Waals surface area contributed by atoms with E-state index in [0.717, 1.165) is 0 Å². The number of Topliss-reactive ketones (excluding diaryl/α,β-unsaturated/α-hetero) is 1. The predicted molar refractivity (Wildman–Crippen MR) is 78.5 cm³/mol. The summed E-state index contributed by atoms with van der Waals surface area (Å²) in [5.41, 5.74) is 1.87. The molecule has 0 saturated heterocycles. The number of hydrogen-bond donors (Lipinski definition) is 1. The van der Waals surface area contributed by atoms with Crippen LogP contribution in [0.3, 0.4) is 0 Å². The fourth-order valence-electron chi connectivity index (χ4n) is 2.55. The third-order valence-corrected chi connectivity index (χ3v) is 3.67. The highest BCUT2D eigenvalue weighted by atomic mass is 16.5. The van der Waals surface area contributed by atoms with Crippen molar-refractivity contribution in [2.75, 3.05) is 13.7 Å². The molecule has 1 unspecified atom stereocenters. The number of methoxy groups -OCH3 is 1. The van der Waals surface area contributed by atoms with Crippen LogP contribution in [-0.2, 0) is 9.53 Å². The number of rotatable bonds is 5. The minimum absolute atomic E-state index is 0.155. The van der Waals surface area contributed by atoms with Gasteiger partial charge in [-0.25, -0.2) is 4.79 Å². The smallest absolute Gasteiger partial charge is 0.354 e. The van der Waals surface area contributed by atoms with Gasteiger partial charge in [0, 0.05) is 24.7 Å². The van der Waals surface area contributed by atoms with Crippen molar-refractivity contribution in [1.82, 2.24) is 9.88 Å². The lowest BCUT2D eigenvalue weighted by molar-refractivity contribution is -0.129. The fraction of sp³-hybridized carbons (Fsp3) is 0.533. The average Bonchev–Trinajstić information content (AvgIpc) is 2.72. The number of carbonyl (C=O) groups excluding carboxylic acids is 3. The molecular formula is C15H22N2O4. The molecule has 0 saturated carbocycles. The molecule has 1 heterocycles. The van der Waals surface area contributed by atoms with E-state index in [1.807, 2.05) is 6.92 Å². The summed E-state index contributed by atoms with van der Waals surface area (Å²) in [4.78, 5) is 40.3. The molecule has 0 fully saturated rings. The van der Waals surface area contributed by atoms with Gasteiger partial charge in [0.15, 0.2) is 5.78 Å². The number of aryl methyl sites for hydroxylation is 1. The molecule has 116 valence electrons. The molecular weight excluding hydrogens is 272 g/mol. The van der Waals surface area contributed by atoms with Gasteiger partial charge in [-0.3, -0.25) is 9.59 Å². The minimum Gasteiger partial charge on any atom is -0.464 e. The molecule has 6 nitrogen and oxygen atoms in total. The van der Waals surface area contributed by atoms with Crippen LogP contribution in [0.5, 0.6) is 0 Å². The highest BCUT2D eigenvalue weighted by Gasteiger charge is 2.29. The van der Waals surface area contributed by atoms with Crippen molar-refractivity contribution in [3.63, 3.8) is 0 Å². The molecule has 0 aliphatic heterocycles. The number of amides is 1. The van der Waals surface area contributed by atoms with Gasteiger partial charge in [-0.05, 0) is 33.3 Å². The molecule has 0 bridgehead atoms. The number of ketones is 1. The van der Waals surface area contributed by atoms with E-state index in [1.165, 1.54) is 18.9 Å². The van der Waals surface area contributed by atoms with Crippen LogP contribution in [0.25, 0.3) is 0 Å². The first-order valence-electron chi connectivity index (χ1n) is 6.85. The Balaban J connectivity index is 3.22. The number of esters is 1. The summed E-state index contributed by atoms with van der Waals surface area (Å²) >= 11 is 0. The van der Waals surface area contributed by atoms with E-state index in [9.17, 15) is 14.4 Å². The first-order valence-corrected chi connectivity index (χ1v) is 6.85. The SMILES string of the molecule is CCN(C(C)=O)C(C)C(=O)c1c(C)[nH]c(C(=O)OC)c1C. The molecule has 1 N–H and O–H groups in total. The van der Waals surface area contributed by atoms with E-state index in [2.05, 4.69) is 9.72 Å². The summed E-state index contributed by atoms with van der Waals surface area (Å²) in [7, 11) is 1.29. The van der Waals surface area contributed by atoms with Gasteiger partial charge in [-0.1, -0.05) is 0 Å². The van der Waals surface area contributed by atoms with Gasteiger partial charge in [0.05, 0.1) is 13.2 Å². The van der Waals surface area contributed by atoms with E-state index in [4.69, 9.17) is 0 Å². The second kappa shape index (κ2) is 6.56. The summed E-state index contributed by atoms with van der Waals surface area (Å²) in [5.74, 6) is -0.855. The highest BCUT2D eigenvalue weighted by molar-refractivity contribution is 6.06. The van der Waals surface area contributed by atoms with Gasteiger partial charge in [-0.15, -0.1) is 0 Å². The highest BCUT2D eigenvalue weighted by Crippen LogP contribution is 2.21. The maximum Gasteiger partial charge on any atom is 0.354 e. The van der Waals surface area contributed by atoms with Crippen LogP contribution in [0, 0.1) is 13.8 Å². The van der Waals surface area contributed by atoms with Gasteiger partial charge in [-0.2, -0.15) is 0 Å². The van der Waals surface area contributed by atoms with Gasteiger partial charge in [0.2, 0.25) is 5.91 Å². The Morgan fingerprint density at radius 3 is 2.29 bits per heavy atom. The summed E-state index contributed by atoms with van der Waals surface area (Å²) in [5, 5.41) is 0. The van der Waals surface area contributed by atoms with E-state index >= 15 is 0 Å². The molecule has 1 aromatic heterocycles. The molecule has 1 rings (SSSR count). The second-order valence-corrected chi connectivity index (χ2v) is 4.96. The number of aromatic amines is 1. The molecule has 21 heavy (non-hydrogen) atoms. The first-order chi connectivity index (χ1) is 9.76. The monoisotopic (exact) mass is 294 g/mol. The van der Waals surface area contributed by atoms with E-state index in [0.29, 0.717) is 23.4 Å². The van der Waals surface area contributed by atoms with Crippen molar-refractivity contribution in [2.45, 2.75) is 40.7 Å². The molecule has 0 radical (unpaired) electrons. The molecule has 1 amide bonds. The van der Waals surface area contributed by atoms with Gasteiger partial charge in [0.1, 0.15) is 5.69 Å². The van der Waals surface area contributed by atoms with Crippen LogP contribution in [0.2, 0.25) is 0 Å². The molecule has 1 aromatic rings. The maximum absolute atomic E-state index is 12.6. The van der Waals surface area contributed by atoms with Gasteiger partial charge < -0.3 is 14.6 Å². The Morgan fingerprint density at radius 1 is 1.29 bits per heavy atom. The Hall–Kier alpha value is -2.11. The maximum atomic E-state index is 12.6. The Morgan fingerprint density at radius 2 is 1.86 bits per heavy atom. The van der Waals surface area contributed by atoms with E-state index in [1.54, 1.807) is 20.8 Å². The number of ether oxygens (including phenoxy) is 1. The van der Waals surface area contributed by atoms with Crippen molar-refractivity contribution in [3.05, 3.63) is 22.5 Å². The number of hydrogen-bond acceptors (Lipinski definition) is 4. The van der Waals surface area contributed by atoms with Crippen molar-refractivity contribution in [3.8, 4) is 0 Å². The normalized spacial score (nSPS) is 11.9. The lowest BCUT2D eigenvalue weighted by Crippen LogP contribution is -2.42. The quantitative estimate of drug-likeness (QED) is 0.664. The van der Waals surface area contributed by atoms with Gasteiger partial charge >= 0.3 is 5.97 Å². The molecule has 0 spiro atoms.